The van der Waals surface area contributed by atoms with Crippen molar-refractivity contribution in [1.82, 2.24) is 10.0 Å². The van der Waals surface area contributed by atoms with E-state index in [2.05, 4.69) is 23.0 Å². The van der Waals surface area contributed by atoms with Crippen molar-refractivity contribution in [2.75, 3.05) is 40.2 Å². The van der Waals surface area contributed by atoms with E-state index in [1.807, 2.05) is 12.1 Å². The first-order valence-electron chi connectivity index (χ1n) is 14.7. The van der Waals surface area contributed by atoms with Gasteiger partial charge in [-0.15, -0.1) is 0 Å². The van der Waals surface area contributed by atoms with Crippen LogP contribution in [0.5, 0.6) is 23.0 Å². The summed E-state index contributed by atoms with van der Waals surface area (Å²) in [7, 11) is -0.00111. The Morgan fingerprint density at radius 3 is 2.39 bits per heavy atom. The van der Waals surface area contributed by atoms with E-state index in [4.69, 9.17) is 18.9 Å². The van der Waals surface area contributed by atoms with Crippen molar-refractivity contribution >= 4 is 15.9 Å². The van der Waals surface area contributed by atoms with Crippen molar-refractivity contribution in [2.24, 2.45) is 5.92 Å². The van der Waals surface area contributed by atoms with Crippen LogP contribution in [0.25, 0.3) is 0 Å². The zero-order valence-corrected chi connectivity index (χ0v) is 25.5. The van der Waals surface area contributed by atoms with Gasteiger partial charge in [0.25, 0.3) is 5.91 Å². The van der Waals surface area contributed by atoms with Gasteiger partial charge < -0.3 is 24.3 Å². The molecule has 2 aliphatic rings. The Hall–Kier alpha value is -2.98. The third kappa shape index (κ3) is 8.52. The summed E-state index contributed by atoms with van der Waals surface area (Å²) in [6, 6.07) is 7.74. The van der Waals surface area contributed by atoms with Gasteiger partial charge >= 0.3 is 0 Å². The Labute approximate surface area is 244 Å². The number of amides is 1. The molecule has 2 aromatic carbocycles. The van der Waals surface area contributed by atoms with Crippen molar-refractivity contribution in [2.45, 2.75) is 70.8 Å². The molecule has 0 bridgehead atoms. The zero-order chi connectivity index (χ0) is 29.4. The molecule has 1 aliphatic carbocycles. The number of fused-ring (bicyclic) bond motifs is 1. The van der Waals surface area contributed by atoms with Crippen molar-refractivity contribution < 1.29 is 32.2 Å². The third-order valence-corrected chi connectivity index (χ3v) is 8.27. The number of hydrogen-bond donors (Lipinski definition) is 2. The van der Waals surface area contributed by atoms with Gasteiger partial charge in [0.2, 0.25) is 10.0 Å². The van der Waals surface area contributed by atoms with E-state index in [1.165, 1.54) is 24.7 Å². The van der Waals surface area contributed by atoms with Crippen LogP contribution in [-0.2, 0) is 29.3 Å². The molecule has 0 radical (unpaired) electrons. The number of hydrogen-bond acceptors (Lipinski definition) is 7. The van der Waals surface area contributed by atoms with Crippen LogP contribution in [0, 0.1) is 5.92 Å². The molecule has 1 aliphatic heterocycles. The maximum absolute atomic E-state index is 12.4. The first kappa shape index (κ1) is 31.0. The maximum Gasteiger partial charge on any atom is 0.254 e. The lowest BCUT2D eigenvalue weighted by Gasteiger charge is -2.29. The van der Waals surface area contributed by atoms with Crippen LogP contribution < -0.4 is 29.0 Å². The molecular weight excluding hydrogens is 544 g/mol. The van der Waals surface area contributed by atoms with Crippen molar-refractivity contribution in [3.8, 4) is 23.0 Å². The van der Waals surface area contributed by atoms with Crippen LogP contribution in [-0.4, -0.2) is 60.6 Å². The molecule has 1 heterocycles. The van der Waals surface area contributed by atoms with Crippen molar-refractivity contribution in [3.05, 3.63) is 46.5 Å². The maximum atomic E-state index is 12.4. The summed E-state index contributed by atoms with van der Waals surface area (Å²) < 4.78 is 49.9. The molecule has 0 saturated heterocycles. The molecule has 10 heteroatoms. The molecule has 1 saturated carbocycles. The predicted octanol–water partition coefficient (Wildman–Crippen LogP) is 4.44. The summed E-state index contributed by atoms with van der Waals surface area (Å²) >= 11 is 0. The van der Waals surface area contributed by atoms with Gasteiger partial charge in [-0.25, -0.2) is 13.1 Å². The lowest BCUT2D eigenvalue weighted by atomic mass is 9.95. The molecule has 1 atom stereocenters. The minimum atomic E-state index is -3.22. The molecule has 1 amide bonds. The highest BCUT2D eigenvalue weighted by molar-refractivity contribution is 7.88. The monoisotopic (exact) mass is 588 g/mol. The number of benzene rings is 2. The predicted molar refractivity (Wildman–Crippen MR) is 159 cm³/mol. The molecule has 9 nitrogen and oxygen atoms in total. The fourth-order valence-corrected chi connectivity index (χ4v) is 5.78. The highest BCUT2D eigenvalue weighted by Crippen LogP contribution is 2.41. The minimum Gasteiger partial charge on any atom is -0.495 e. The summed E-state index contributed by atoms with van der Waals surface area (Å²) in [5, 5.41) is 2.69. The number of carbonyl (C=O) groups is 1. The number of ether oxygens (including phenoxy) is 4. The smallest absolute Gasteiger partial charge is 0.254 e. The number of nitrogens with one attached hydrogen (secondary N) is 2. The second-order valence-corrected chi connectivity index (χ2v) is 12.7. The van der Waals surface area contributed by atoms with Crippen molar-refractivity contribution in [1.29, 1.82) is 0 Å². The average Bonchev–Trinajstić information content (AvgIpc) is 3.77. The van der Waals surface area contributed by atoms with E-state index in [-0.39, 0.29) is 12.0 Å². The topological polar surface area (TPSA) is 112 Å². The molecule has 41 heavy (non-hydrogen) atoms. The highest BCUT2D eigenvalue weighted by atomic mass is 32.2. The third-order valence-electron chi connectivity index (χ3n) is 7.54. The number of rotatable bonds is 16. The van der Waals surface area contributed by atoms with Gasteiger partial charge in [0.05, 0.1) is 32.1 Å². The fourth-order valence-electron chi connectivity index (χ4n) is 5.29. The summed E-state index contributed by atoms with van der Waals surface area (Å²) in [5.41, 5.74) is 3.73. The van der Waals surface area contributed by atoms with Gasteiger partial charge in [0.1, 0.15) is 29.1 Å². The molecule has 2 aromatic rings. The van der Waals surface area contributed by atoms with E-state index in [9.17, 15) is 13.2 Å². The zero-order valence-electron chi connectivity index (χ0n) is 24.7. The second kappa shape index (κ2) is 14.3. The van der Waals surface area contributed by atoms with E-state index in [1.54, 1.807) is 20.2 Å². The van der Waals surface area contributed by atoms with Gasteiger partial charge in [-0.05, 0) is 74.6 Å². The SMILES string of the molecule is CCCc1c(OCCCOc2ccc(C(=O)NC)c(OC)c2CC2CC2)ccc2c1OC(CCNS(C)(=O)=O)CC2. The first-order chi connectivity index (χ1) is 19.7. The first-order valence-corrected chi connectivity index (χ1v) is 16.6. The lowest BCUT2D eigenvalue weighted by Crippen LogP contribution is -2.30. The fraction of sp³-hybridized carbons (Fsp3) is 0.581. The molecule has 0 aromatic heterocycles. The standard InChI is InChI=1S/C31H44N2O7S/c1-5-7-24-27(14-11-22-10-12-23(40-29(22)24)16-17-33-41(4,35)36)38-18-6-19-39-28-15-13-25(31(34)32-2)30(37-3)26(28)20-21-8-9-21/h11,13-15,21,23,33H,5-10,12,16-20H2,1-4H3,(H,32,34). The normalized spacial score (nSPS) is 16.4. The van der Waals surface area contributed by atoms with Crippen LogP contribution in [0.4, 0.5) is 0 Å². The minimum absolute atomic E-state index is 0.0346. The van der Waals surface area contributed by atoms with Crippen LogP contribution >= 0.6 is 0 Å². The number of methoxy groups -OCH3 is 1. The summed E-state index contributed by atoms with van der Waals surface area (Å²) in [4.78, 5) is 12.4. The summed E-state index contributed by atoms with van der Waals surface area (Å²) in [6.07, 6.45) is 9.20. The molecule has 226 valence electrons. The van der Waals surface area contributed by atoms with Gasteiger partial charge in [-0.3, -0.25) is 4.79 Å². The van der Waals surface area contributed by atoms with Crippen LogP contribution in [0.2, 0.25) is 0 Å². The van der Waals surface area contributed by atoms with E-state index >= 15 is 0 Å². The number of sulfonamides is 1. The van der Waals surface area contributed by atoms with Crippen LogP contribution in [0.3, 0.4) is 0 Å². The Kier molecular flexibility index (Phi) is 10.8. The largest absolute Gasteiger partial charge is 0.495 e. The Bertz CT molecular complexity index is 1310. The van der Waals surface area contributed by atoms with Crippen LogP contribution in [0.1, 0.15) is 72.5 Å². The van der Waals surface area contributed by atoms with Gasteiger partial charge in [0, 0.05) is 31.1 Å². The molecular formula is C31H44N2O7S. The van der Waals surface area contributed by atoms with Gasteiger partial charge in [-0.2, -0.15) is 0 Å². The Morgan fingerprint density at radius 2 is 1.76 bits per heavy atom. The van der Waals surface area contributed by atoms with E-state index in [0.29, 0.717) is 49.8 Å². The lowest BCUT2D eigenvalue weighted by molar-refractivity contribution is 0.0959. The van der Waals surface area contributed by atoms with E-state index < -0.39 is 10.0 Å². The summed E-state index contributed by atoms with van der Waals surface area (Å²) in [5.74, 6) is 3.50. The molecule has 2 N–H and O–H groups in total. The number of carbonyl (C=O) groups excluding carboxylic acids is 1. The molecule has 1 fully saturated rings. The van der Waals surface area contributed by atoms with Gasteiger partial charge in [-0.1, -0.05) is 19.4 Å². The Morgan fingerprint density at radius 1 is 1.05 bits per heavy atom. The van der Waals surface area contributed by atoms with Crippen LogP contribution in [0.15, 0.2) is 24.3 Å². The molecule has 0 spiro atoms. The quantitative estimate of drug-likeness (QED) is 0.279. The molecule has 4 rings (SSSR count). The Balaban J connectivity index is 1.37. The van der Waals surface area contributed by atoms with Gasteiger partial charge in [0.15, 0.2) is 0 Å². The average molecular weight is 589 g/mol. The number of aryl methyl sites for hydroxylation is 1. The molecule has 1 unspecified atom stereocenters. The second-order valence-electron chi connectivity index (χ2n) is 10.9. The highest BCUT2D eigenvalue weighted by Gasteiger charge is 2.28. The van der Waals surface area contributed by atoms with E-state index in [0.717, 1.165) is 60.5 Å². The summed E-state index contributed by atoms with van der Waals surface area (Å²) in [6.45, 7) is 3.46. The van der Waals surface area contributed by atoms with Crippen molar-refractivity contribution in [3.63, 3.8) is 0 Å².